The van der Waals surface area contributed by atoms with Gasteiger partial charge in [-0.05, 0) is 42.7 Å². The molecular weight excluding hydrogens is 262 g/mol. The standard InChI is InChI=1S/C17H21N3O/c1-4-17(21)20-15-7-8-16(19-11-15)18-10-14-6-5-12(2)13(3)9-14/h5-9,11H,4,10H2,1-3H3,(H,18,19)(H,20,21). The lowest BCUT2D eigenvalue weighted by molar-refractivity contribution is -0.115. The molecule has 2 aromatic rings. The Morgan fingerprint density at radius 3 is 2.57 bits per heavy atom. The molecule has 21 heavy (non-hydrogen) atoms. The smallest absolute Gasteiger partial charge is 0.224 e. The molecule has 0 saturated heterocycles. The lowest BCUT2D eigenvalue weighted by Gasteiger charge is -2.09. The van der Waals surface area contributed by atoms with E-state index < -0.39 is 0 Å². The Morgan fingerprint density at radius 1 is 1.14 bits per heavy atom. The number of nitrogens with one attached hydrogen (secondary N) is 2. The average molecular weight is 283 g/mol. The second kappa shape index (κ2) is 6.88. The Labute approximate surface area is 125 Å². The number of benzene rings is 1. The molecule has 0 unspecified atom stereocenters. The highest BCUT2D eigenvalue weighted by Crippen LogP contribution is 2.13. The van der Waals surface area contributed by atoms with Gasteiger partial charge in [0.05, 0.1) is 11.9 Å². The molecule has 1 heterocycles. The van der Waals surface area contributed by atoms with Gasteiger partial charge in [0.2, 0.25) is 5.91 Å². The van der Waals surface area contributed by atoms with Crippen LogP contribution in [0.4, 0.5) is 11.5 Å². The summed E-state index contributed by atoms with van der Waals surface area (Å²) in [6, 6.07) is 10.1. The van der Waals surface area contributed by atoms with Gasteiger partial charge in [0.15, 0.2) is 0 Å². The summed E-state index contributed by atoms with van der Waals surface area (Å²) < 4.78 is 0. The van der Waals surface area contributed by atoms with Crippen molar-refractivity contribution in [3.8, 4) is 0 Å². The third kappa shape index (κ3) is 4.31. The number of pyridine rings is 1. The number of hydrogen-bond donors (Lipinski definition) is 2. The van der Waals surface area contributed by atoms with Crippen LogP contribution in [0.5, 0.6) is 0 Å². The first kappa shape index (κ1) is 15.0. The molecule has 2 rings (SSSR count). The molecule has 1 aromatic heterocycles. The maximum Gasteiger partial charge on any atom is 0.224 e. The molecule has 110 valence electrons. The van der Waals surface area contributed by atoms with Crippen molar-refractivity contribution in [2.24, 2.45) is 0 Å². The predicted octanol–water partition coefficient (Wildman–Crippen LogP) is 3.66. The fourth-order valence-electron chi connectivity index (χ4n) is 1.93. The van der Waals surface area contributed by atoms with Crippen molar-refractivity contribution in [3.63, 3.8) is 0 Å². The summed E-state index contributed by atoms with van der Waals surface area (Å²) in [4.78, 5) is 15.6. The number of anilines is 2. The molecular formula is C17H21N3O. The van der Waals surface area contributed by atoms with E-state index in [9.17, 15) is 4.79 Å². The van der Waals surface area contributed by atoms with Crippen LogP contribution in [-0.2, 0) is 11.3 Å². The van der Waals surface area contributed by atoms with Crippen LogP contribution in [0.15, 0.2) is 36.5 Å². The highest BCUT2D eigenvalue weighted by Gasteiger charge is 2.01. The van der Waals surface area contributed by atoms with Gasteiger partial charge >= 0.3 is 0 Å². The van der Waals surface area contributed by atoms with Crippen LogP contribution in [0.2, 0.25) is 0 Å². The van der Waals surface area contributed by atoms with E-state index in [1.54, 1.807) is 6.20 Å². The molecule has 0 radical (unpaired) electrons. The van der Waals surface area contributed by atoms with Gasteiger partial charge in [-0.1, -0.05) is 25.1 Å². The van der Waals surface area contributed by atoms with Crippen molar-refractivity contribution in [1.29, 1.82) is 0 Å². The van der Waals surface area contributed by atoms with Gasteiger partial charge in [-0.15, -0.1) is 0 Å². The molecule has 0 atom stereocenters. The van der Waals surface area contributed by atoms with E-state index in [1.165, 1.54) is 16.7 Å². The van der Waals surface area contributed by atoms with E-state index in [0.29, 0.717) is 6.42 Å². The highest BCUT2D eigenvalue weighted by atomic mass is 16.1. The fraction of sp³-hybridized carbons (Fsp3) is 0.294. The zero-order valence-corrected chi connectivity index (χ0v) is 12.7. The number of aryl methyl sites for hydroxylation is 2. The van der Waals surface area contributed by atoms with Crippen molar-refractivity contribution in [2.45, 2.75) is 33.7 Å². The molecule has 2 N–H and O–H groups in total. The summed E-state index contributed by atoms with van der Waals surface area (Å²) in [5.74, 6) is 0.787. The Balaban J connectivity index is 1.94. The Hall–Kier alpha value is -2.36. The fourth-order valence-corrected chi connectivity index (χ4v) is 1.93. The molecule has 0 saturated carbocycles. The molecule has 1 aromatic carbocycles. The summed E-state index contributed by atoms with van der Waals surface area (Å²) in [6.45, 7) is 6.77. The van der Waals surface area contributed by atoms with Crippen molar-refractivity contribution < 1.29 is 4.79 Å². The van der Waals surface area contributed by atoms with Gasteiger partial charge < -0.3 is 10.6 Å². The second-order valence-electron chi connectivity index (χ2n) is 5.11. The number of amides is 1. The van der Waals surface area contributed by atoms with Crippen molar-refractivity contribution >= 4 is 17.4 Å². The molecule has 0 bridgehead atoms. The first-order valence-corrected chi connectivity index (χ1v) is 7.14. The van der Waals surface area contributed by atoms with E-state index in [4.69, 9.17) is 0 Å². The Kier molecular flexibility index (Phi) is 4.93. The average Bonchev–Trinajstić information content (AvgIpc) is 2.50. The molecule has 4 nitrogen and oxygen atoms in total. The number of hydrogen-bond acceptors (Lipinski definition) is 3. The van der Waals surface area contributed by atoms with Gasteiger partial charge in [0, 0.05) is 13.0 Å². The van der Waals surface area contributed by atoms with Gasteiger partial charge in [-0.25, -0.2) is 4.98 Å². The maximum atomic E-state index is 11.3. The zero-order valence-electron chi connectivity index (χ0n) is 12.7. The van der Waals surface area contributed by atoms with Crippen LogP contribution >= 0.6 is 0 Å². The van der Waals surface area contributed by atoms with Crippen molar-refractivity contribution in [2.75, 3.05) is 10.6 Å². The SMILES string of the molecule is CCC(=O)Nc1ccc(NCc2ccc(C)c(C)c2)nc1. The minimum atomic E-state index is -0.00682. The van der Waals surface area contributed by atoms with E-state index >= 15 is 0 Å². The number of nitrogens with zero attached hydrogens (tertiary/aromatic N) is 1. The number of aromatic nitrogens is 1. The van der Waals surface area contributed by atoms with Crippen molar-refractivity contribution in [3.05, 3.63) is 53.2 Å². The van der Waals surface area contributed by atoms with E-state index in [1.807, 2.05) is 19.1 Å². The summed E-state index contributed by atoms with van der Waals surface area (Å²) in [7, 11) is 0. The van der Waals surface area contributed by atoms with E-state index in [0.717, 1.165) is 18.1 Å². The molecule has 1 amide bonds. The summed E-state index contributed by atoms with van der Waals surface area (Å²) >= 11 is 0. The second-order valence-corrected chi connectivity index (χ2v) is 5.11. The zero-order chi connectivity index (χ0) is 15.2. The van der Waals surface area contributed by atoms with Crippen LogP contribution in [0.25, 0.3) is 0 Å². The Bertz CT molecular complexity index is 620. The summed E-state index contributed by atoms with van der Waals surface area (Å²) in [5.41, 5.74) is 4.54. The first-order valence-electron chi connectivity index (χ1n) is 7.14. The van der Waals surface area contributed by atoms with E-state index in [-0.39, 0.29) is 5.91 Å². The maximum absolute atomic E-state index is 11.3. The monoisotopic (exact) mass is 283 g/mol. The quantitative estimate of drug-likeness (QED) is 0.880. The Morgan fingerprint density at radius 2 is 1.95 bits per heavy atom. The normalized spacial score (nSPS) is 10.2. The van der Waals surface area contributed by atoms with Crippen LogP contribution in [0.3, 0.4) is 0 Å². The number of carbonyl (C=O) groups excluding carboxylic acids is 1. The third-order valence-electron chi connectivity index (χ3n) is 3.41. The van der Waals surface area contributed by atoms with Gasteiger partial charge in [-0.3, -0.25) is 4.79 Å². The van der Waals surface area contributed by atoms with Gasteiger partial charge in [0.25, 0.3) is 0 Å². The van der Waals surface area contributed by atoms with Crippen LogP contribution in [0.1, 0.15) is 30.0 Å². The van der Waals surface area contributed by atoms with E-state index in [2.05, 4.69) is 47.7 Å². The third-order valence-corrected chi connectivity index (χ3v) is 3.41. The molecule has 0 spiro atoms. The lowest BCUT2D eigenvalue weighted by Crippen LogP contribution is -2.10. The molecule has 0 fully saturated rings. The first-order chi connectivity index (χ1) is 10.1. The number of rotatable bonds is 5. The van der Waals surface area contributed by atoms with Gasteiger partial charge in [0.1, 0.15) is 5.82 Å². The molecule has 4 heteroatoms. The number of carbonyl (C=O) groups is 1. The minimum Gasteiger partial charge on any atom is -0.366 e. The topological polar surface area (TPSA) is 54.0 Å². The molecule has 0 aliphatic heterocycles. The summed E-state index contributed by atoms with van der Waals surface area (Å²) in [6.07, 6.45) is 2.13. The van der Waals surface area contributed by atoms with Crippen LogP contribution < -0.4 is 10.6 Å². The van der Waals surface area contributed by atoms with Crippen LogP contribution in [-0.4, -0.2) is 10.9 Å². The largest absolute Gasteiger partial charge is 0.366 e. The van der Waals surface area contributed by atoms with Gasteiger partial charge in [-0.2, -0.15) is 0 Å². The predicted molar refractivity (Wildman–Crippen MR) is 86.4 cm³/mol. The highest BCUT2D eigenvalue weighted by molar-refractivity contribution is 5.90. The minimum absolute atomic E-state index is 0.00682. The lowest BCUT2D eigenvalue weighted by atomic mass is 10.1. The van der Waals surface area contributed by atoms with Crippen LogP contribution in [0, 0.1) is 13.8 Å². The van der Waals surface area contributed by atoms with Crippen molar-refractivity contribution in [1.82, 2.24) is 4.98 Å². The molecule has 0 aliphatic rings. The summed E-state index contributed by atoms with van der Waals surface area (Å²) in [5, 5.41) is 6.06. The molecule has 0 aliphatic carbocycles.